The Bertz CT molecular complexity index is 682. The van der Waals surface area contributed by atoms with Gasteiger partial charge in [-0.2, -0.15) is 0 Å². The Hall–Kier alpha value is -2.82. The third kappa shape index (κ3) is 4.35. The summed E-state index contributed by atoms with van der Waals surface area (Å²) in [6.07, 6.45) is 0. The van der Waals surface area contributed by atoms with Gasteiger partial charge >= 0.3 is 12.0 Å². The monoisotopic (exact) mass is 326 g/mol. The number of nitrogens with one attached hydrogen (secondary N) is 1. The highest BCUT2D eigenvalue weighted by atomic mass is 16.5. The van der Waals surface area contributed by atoms with Crippen molar-refractivity contribution in [2.75, 3.05) is 16.8 Å². The van der Waals surface area contributed by atoms with Crippen molar-refractivity contribution in [3.05, 3.63) is 60.2 Å². The number of nitrogens with zero attached hydrogens (tertiary/aromatic N) is 1. The summed E-state index contributed by atoms with van der Waals surface area (Å²) >= 11 is 0. The van der Waals surface area contributed by atoms with E-state index in [9.17, 15) is 9.59 Å². The van der Waals surface area contributed by atoms with Crippen molar-refractivity contribution < 1.29 is 14.3 Å². The zero-order valence-electron chi connectivity index (χ0n) is 14.2. The molecule has 0 aliphatic carbocycles. The Morgan fingerprint density at radius 2 is 1.67 bits per heavy atom. The quantitative estimate of drug-likeness (QED) is 0.833. The van der Waals surface area contributed by atoms with Gasteiger partial charge in [0.05, 0.1) is 12.2 Å². The highest BCUT2D eigenvalue weighted by molar-refractivity contribution is 6.02. The average Bonchev–Trinajstić information content (AvgIpc) is 2.56. The highest BCUT2D eigenvalue weighted by Gasteiger charge is 2.19. The lowest BCUT2D eigenvalue weighted by atomic mass is 10.2. The van der Waals surface area contributed by atoms with Crippen molar-refractivity contribution in [2.24, 2.45) is 0 Å². The van der Waals surface area contributed by atoms with Crippen molar-refractivity contribution in [1.29, 1.82) is 0 Å². The molecule has 0 aromatic heterocycles. The van der Waals surface area contributed by atoms with Crippen molar-refractivity contribution in [3.63, 3.8) is 0 Å². The number of carbonyl (C=O) groups excluding carboxylic acids is 2. The molecule has 2 amide bonds. The number of esters is 1. The van der Waals surface area contributed by atoms with Gasteiger partial charge in [-0.3, -0.25) is 4.90 Å². The van der Waals surface area contributed by atoms with Crippen LogP contribution in [0.5, 0.6) is 0 Å². The van der Waals surface area contributed by atoms with E-state index in [0.717, 1.165) is 5.69 Å². The predicted molar refractivity (Wildman–Crippen MR) is 95.5 cm³/mol. The number of hydrogen-bond donors (Lipinski definition) is 1. The molecule has 0 bridgehead atoms. The minimum Gasteiger partial charge on any atom is -0.462 e. The summed E-state index contributed by atoms with van der Waals surface area (Å²) in [5, 5.41) is 2.85. The molecule has 0 unspecified atom stereocenters. The molecular weight excluding hydrogens is 304 g/mol. The molecule has 0 saturated carbocycles. The molecule has 2 aromatic carbocycles. The van der Waals surface area contributed by atoms with E-state index in [2.05, 4.69) is 5.32 Å². The van der Waals surface area contributed by atoms with E-state index in [-0.39, 0.29) is 18.0 Å². The summed E-state index contributed by atoms with van der Waals surface area (Å²) in [5.74, 6) is -0.372. The van der Waals surface area contributed by atoms with Gasteiger partial charge in [0.2, 0.25) is 0 Å². The van der Waals surface area contributed by atoms with Crippen LogP contribution in [0, 0.1) is 0 Å². The Balaban J connectivity index is 2.11. The molecule has 0 saturated heterocycles. The lowest BCUT2D eigenvalue weighted by Gasteiger charge is -2.27. The molecule has 1 N–H and O–H groups in total. The number of benzene rings is 2. The smallest absolute Gasteiger partial charge is 0.338 e. The first-order chi connectivity index (χ1) is 11.5. The first kappa shape index (κ1) is 17.5. The SMILES string of the molecule is CCOC(=O)c1ccc(NC(=O)N(c2ccccc2)C(C)C)cc1. The van der Waals surface area contributed by atoms with E-state index >= 15 is 0 Å². The number of ether oxygens (including phenoxy) is 1. The van der Waals surface area contributed by atoms with E-state index in [4.69, 9.17) is 4.74 Å². The van der Waals surface area contributed by atoms with Crippen LogP contribution < -0.4 is 10.2 Å². The molecule has 0 atom stereocenters. The van der Waals surface area contributed by atoms with Crippen molar-refractivity contribution in [3.8, 4) is 0 Å². The van der Waals surface area contributed by atoms with Gasteiger partial charge in [-0.15, -0.1) is 0 Å². The molecular formula is C19H22N2O3. The third-order valence-corrected chi connectivity index (χ3v) is 3.42. The minimum atomic E-state index is -0.372. The molecule has 0 spiro atoms. The second kappa shape index (κ2) is 8.15. The fourth-order valence-corrected chi connectivity index (χ4v) is 2.33. The maximum atomic E-state index is 12.6. The second-order valence-corrected chi connectivity index (χ2v) is 5.53. The first-order valence-corrected chi connectivity index (χ1v) is 7.95. The van der Waals surface area contributed by atoms with Gasteiger partial charge in [0.1, 0.15) is 0 Å². The van der Waals surface area contributed by atoms with Gasteiger partial charge in [0.25, 0.3) is 0 Å². The van der Waals surface area contributed by atoms with Gasteiger partial charge in [-0.05, 0) is 57.2 Å². The number of hydrogen-bond acceptors (Lipinski definition) is 3. The van der Waals surface area contributed by atoms with Gasteiger partial charge < -0.3 is 10.1 Å². The molecule has 2 aromatic rings. The summed E-state index contributed by atoms with van der Waals surface area (Å²) in [5.41, 5.74) is 1.90. The fourth-order valence-electron chi connectivity index (χ4n) is 2.33. The summed E-state index contributed by atoms with van der Waals surface area (Å²) < 4.78 is 4.94. The molecule has 2 rings (SSSR count). The molecule has 0 radical (unpaired) electrons. The molecule has 24 heavy (non-hydrogen) atoms. The minimum absolute atomic E-state index is 0.00575. The van der Waals surface area contributed by atoms with Crippen molar-refractivity contribution >= 4 is 23.4 Å². The van der Waals surface area contributed by atoms with Crippen LogP contribution in [0.4, 0.5) is 16.2 Å². The normalized spacial score (nSPS) is 10.3. The van der Waals surface area contributed by atoms with E-state index in [1.807, 2.05) is 44.2 Å². The van der Waals surface area contributed by atoms with E-state index in [1.54, 1.807) is 36.1 Å². The van der Waals surface area contributed by atoms with Gasteiger partial charge in [-0.1, -0.05) is 18.2 Å². The van der Waals surface area contributed by atoms with Crippen molar-refractivity contribution in [2.45, 2.75) is 26.8 Å². The van der Waals surface area contributed by atoms with Crippen molar-refractivity contribution in [1.82, 2.24) is 0 Å². The summed E-state index contributed by atoms with van der Waals surface area (Å²) in [4.78, 5) is 25.9. The van der Waals surface area contributed by atoms with Crippen LogP contribution >= 0.6 is 0 Å². The molecule has 5 nitrogen and oxygen atoms in total. The maximum Gasteiger partial charge on any atom is 0.338 e. The predicted octanol–water partition coefficient (Wildman–Crippen LogP) is 4.31. The summed E-state index contributed by atoms with van der Waals surface area (Å²) in [6.45, 7) is 6.00. The van der Waals surface area contributed by atoms with Crippen LogP contribution in [0.2, 0.25) is 0 Å². The fraction of sp³-hybridized carbons (Fsp3) is 0.263. The van der Waals surface area contributed by atoms with Crippen LogP contribution in [0.1, 0.15) is 31.1 Å². The Kier molecular flexibility index (Phi) is 5.95. The molecule has 0 aliphatic rings. The largest absolute Gasteiger partial charge is 0.462 e. The lowest BCUT2D eigenvalue weighted by Crippen LogP contribution is -2.40. The van der Waals surface area contributed by atoms with E-state index < -0.39 is 0 Å². The van der Waals surface area contributed by atoms with Crippen LogP contribution in [0.3, 0.4) is 0 Å². The lowest BCUT2D eigenvalue weighted by molar-refractivity contribution is 0.0526. The number of para-hydroxylation sites is 1. The molecule has 0 heterocycles. The zero-order chi connectivity index (χ0) is 17.5. The van der Waals surface area contributed by atoms with Crippen LogP contribution in [-0.2, 0) is 4.74 Å². The zero-order valence-corrected chi connectivity index (χ0v) is 14.2. The maximum absolute atomic E-state index is 12.6. The molecule has 0 aliphatic heterocycles. The summed E-state index contributed by atoms with van der Waals surface area (Å²) in [7, 11) is 0. The number of urea groups is 1. The summed E-state index contributed by atoms with van der Waals surface area (Å²) in [6, 6.07) is 15.9. The van der Waals surface area contributed by atoms with Gasteiger partial charge in [0, 0.05) is 17.4 Å². The van der Waals surface area contributed by atoms with Gasteiger partial charge in [0.15, 0.2) is 0 Å². The van der Waals surface area contributed by atoms with E-state index in [1.165, 1.54) is 0 Å². The van der Waals surface area contributed by atoms with E-state index in [0.29, 0.717) is 17.9 Å². The average molecular weight is 326 g/mol. The van der Waals surface area contributed by atoms with Crippen LogP contribution in [0.15, 0.2) is 54.6 Å². The number of anilines is 2. The highest BCUT2D eigenvalue weighted by Crippen LogP contribution is 2.19. The van der Waals surface area contributed by atoms with Crippen LogP contribution in [-0.4, -0.2) is 24.6 Å². The number of rotatable bonds is 5. The Labute approximate surface area is 142 Å². The molecule has 126 valence electrons. The van der Waals surface area contributed by atoms with Gasteiger partial charge in [-0.25, -0.2) is 9.59 Å². The standard InChI is InChI=1S/C19H22N2O3/c1-4-24-18(22)15-10-12-16(13-11-15)20-19(23)21(14(2)3)17-8-6-5-7-9-17/h5-14H,4H2,1-3H3,(H,20,23). The number of carbonyl (C=O) groups is 2. The van der Waals surface area contributed by atoms with Crippen LogP contribution in [0.25, 0.3) is 0 Å². The first-order valence-electron chi connectivity index (χ1n) is 7.95. The molecule has 0 fully saturated rings. The Morgan fingerprint density at radius 3 is 2.21 bits per heavy atom. The Morgan fingerprint density at radius 1 is 1.04 bits per heavy atom. The topological polar surface area (TPSA) is 58.6 Å². The third-order valence-electron chi connectivity index (χ3n) is 3.42. The second-order valence-electron chi connectivity index (χ2n) is 5.53. The number of amides is 2. The molecule has 5 heteroatoms.